The van der Waals surface area contributed by atoms with Crippen LogP contribution in [0.3, 0.4) is 0 Å². The minimum Gasteiger partial charge on any atom is -0.296 e. The van der Waals surface area contributed by atoms with Crippen LogP contribution in [0.25, 0.3) is 100.0 Å². The van der Waals surface area contributed by atoms with Crippen molar-refractivity contribution in [1.29, 1.82) is 0 Å². The molecule has 340 valence electrons. The van der Waals surface area contributed by atoms with Crippen molar-refractivity contribution >= 4 is 21.8 Å². The molecule has 2 heterocycles. The van der Waals surface area contributed by atoms with Gasteiger partial charge in [-0.2, -0.15) is 0 Å². The molecule has 68 heavy (non-hydrogen) atoms. The van der Waals surface area contributed by atoms with Crippen LogP contribution in [0.5, 0.6) is 0 Å². The second-order valence-corrected chi connectivity index (χ2v) is 19.9. The number of hydrogen-bond acceptors (Lipinski definition) is 2. The Labute approximate surface area is 429 Å². The van der Waals surface area contributed by atoms with E-state index < -0.39 is 0 Å². The number of rotatable bonds is 7. The Kier molecular flexibility index (Phi) is 13.8. The molecule has 4 heteroatoms. The maximum absolute atomic E-state index is 5.14. The summed E-state index contributed by atoms with van der Waals surface area (Å²) in [7, 11) is 0. The van der Waals surface area contributed by atoms with E-state index in [4.69, 9.17) is 9.97 Å². The summed E-state index contributed by atoms with van der Waals surface area (Å²) in [5, 5.41) is 2.24. The van der Waals surface area contributed by atoms with Gasteiger partial charge in [-0.3, -0.25) is 9.97 Å². The van der Waals surface area contributed by atoms with E-state index in [0.717, 1.165) is 88.8 Å². The fraction of sp³-hybridized carbons (Fsp3) is 0.156. The van der Waals surface area contributed by atoms with Crippen LogP contribution in [0, 0.1) is 26.0 Å². The first kappa shape index (κ1) is 48.3. The molecule has 0 aliphatic rings. The molecule has 2 aromatic heterocycles. The van der Waals surface area contributed by atoms with Gasteiger partial charge < -0.3 is 0 Å². The molecular weight excluding hydrogens is 1180 g/mol. The van der Waals surface area contributed by atoms with Crippen LogP contribution in [0.2, 0.25) is 0 Å². The molecule has 0 saturated carbocycles. The Hall–Kier alpha value is -6.12. The second-order valence-electron chi connectivity index (χ2n) is 19.9. The van der Waals surface area contributed by atoms with E-state index in [-0.39, 0.29) is 51.0 Å². The molecule has 0 aliphatic heterocycles. The monoisotopic (exact) mass is 1240 g/mol. The van der Waals surface area contributed by atoms with Crippen LogP contribution in [0.15, 0.2) is 182 Å². The van der Waals surface area contributed by atoms with E-state index in [1.54, 1.807) is 0 Å². The number of pyridine rings is 2. The van der Waals surface area contributed by atoms with Gasteiger partial charge in [0.2, 0.25) is 0 Å². The molecule has 0 saturated heterocycles. The average molecular weight is 1240 g/mol. The molecular formula is C64H54Ir2N2-2. The quantitative estimate of drug-likeness (QED) is 0.149. The Morgan fingerprint density at radius 2 is 0.794 bits per heavy atom. The van der Waals surface area contributed by atoms with Gasteiger partial charge in [-0.1, -0.05) is 232 Å². The molecule has 0 N–H and O–H groups in total. The topological polar surface area (TPSA) is 25.8 Å². The van der Waals surface area contributed by atoms with Gasteiger partial charge in [0, 0.05) is 40.2 Å². The Bertz CT molecular complexity index is 3260. The number of nitrogens with zero attached hydrogens (tertiary/aromatic N) is 2. The van der Waals surface area contributed by atoms with Crippen LogP contribution in [-0.4, -0.2) is 9.97 Å². The largest absolute Gasteiger partial charge is 0.296 e. The van der Waals surface area contributed by atoms with E-state index >= 15 is 0 Å². The SMILES string of the molecule is Cc1cc(C)cc(-c2c(-c3c[c-]c(-c4ccc5ccccc5n4)cc3-c3cccc(C(C)(C)C)c3)cccc2-c2c[c-]c(-c3ccc4ccccc4n3)cc2-c2cccc(C(C)(C)C)c2)c1.[Ir].[Ir]. The number of aromatic nitrogens is 2. The standard InChI is InChI=1S/C64H54N2.2Ir/c1-41-34-42(2)36-49(35-41)62-54(52-30-26-47(60-32-28-43-16-9-11-24-58(43)65-60)39-56(52)45-18-13-20-50(37-45)63(3,4)5)22-15-23-55(62)53-31-27-48(61-33-29-44-17-10-12-25-59(44)66-61)40-57(53)46-19-14-21-51(38-46)64(6,7)8;;/h9-25,28-40H,1-8H3;;/q-2;;. The summed E-state index contributed by atoms with van der Waals surface area (Å²) in [4.78, 5) is 10.3. The van der Waals surface area contributed by atoms with Gasteiger partial charge in [0.25, 0.3) is 0 Å². The summed E-state index contributed by atoms with van der Waals surface area (Å²) in [6.07, 6.45) is 0. The minimum absolute atomic E-state index is 0. The van der Waals surface area contributed by atoms with Crippen molar-refractivity contribution < 1.29 is 40.2 Å². The van der Waals surface area contributed by atoms with E-state index in [1.807, 2.05) is 0 Å². The van der Waals surface area contributed by atoms with E-state index in [0.29, 0.717) is 0 Å². The van der Waals surface area contributed by atoms with Crippen molar-refractivity contribution in [2.45, 2.75) is 66.2 Å². The normalized spacial score (nSPS) is 11.6. The molecule has 0 spiro atoms. The predicted octanol–water partition coefficient (Wildman–Crippen LogP) is 17.3. The van der Waals surface area contributed by atoms with Crippen molar-refractivity contribution in [3.05, 3.63) is 216 Å². The first-order chi connectivity index (χ1) is 31.8. The molecule has 0 aliphatic carbocycles. The maximum Gasteiger partial charge on any atom is 0.0595 e. The third kappa shape index (κ3) is 9.75. The Morgan fingerprint density at radius 3 is 1.24 bits per heavy atom. The molecule has 0 atom stereocenters. The number of benzene rings is 8. The van der Waals surface area contributed by atoms with E-state index in [9.17, 15) is 0 Å². The van der Waals surface area contributed by atoms with Crippen LogP contribution >= 0.6 is 0 Å². The van der Waals surface area contributed by atoms with Crippen LogP contribution in [0.1, 0.15) is 63.8 Å². The molecule has 0 unspecified atom stereocenters. The number of hydrogen-bond donors (Lipinski definition) is 0. The molecule has 10 rings (SSSR count). The fourth-order valence-corrected chi connectivity index (χ4v) is 9.37. The van der Waals surface area contributed by atoms with Gasteiger partial charge in [-0.05, 0) is 92.4 Å². The van der Waals surface area contributed by atoms with Crippen molar-refractivity contribution in [3.63, 3.8) is 0 Å². The first-order valence-electron chi connectivity index (χ1n) is 23.0. The summed E-state index contributed by atoms with van der Waals surface area (Å²) in [5.41, 5.74) is 22.0. The number of fused-ring (bicyclic) bond motifs is 2. The number of para-hydroxylation sites is 2. The maximum atomic E-state index is 5.14. The zero-order chi connectivity index (χ0) is 45.7. The van der Waals surface area contributed by atoms with Gasteiger partial charge in [0.15, 0.2) is 0 Å². The first-order valence-corrected chi connectivity index (χ1v) is 23.0. The van der Waals surface area contributed by atoms with Crippen molar-refractivity contribution in [2.75, 3.05) is 0 Å². The van der Waals surface area contributed by atoms with Crippen LogP contribution < -0.4 is 0 Å². The van der Waals surface area contributed by atoms with Crippen LogP contribution in [0.4, 0.5) is 0 Å². The van der Waals surface area contributed by atoms with E-state index in [2.05, 4.69) is 250 Å². The second kappa shape index (κ2) is 19.5. The molecule has 8 aromatic carbocycles. The van der Waals surface area contributed by atoms with Crippen molar-refractivity contribution in [3.8, 4) is 78.1 Å². The molecule has 0 bridgehead atoms. The van der Waals surface area contributed by atoms with Gasteiger partial charge in [-0.15, -0.1) is 47.5 Å². The number of aryl methyl sites for hydroxylation is 2. The summed E-state index contributed by atoms with van der Waals surface area (Å²) in [5.74, 6) is 0. The molecule has 10 aromatic rings. The molecule has 2 radical (unpaired) electrons. The van der Waals surface area contributed by atoms with Gasteiger partial charge in [-0.25, -0.2) is 0 Å². The van der Waals surface area contributed by atoms with E-state index in [1.165, 1.54) is 33.4 Å². The summed E-state index contributed by atoms with van der Waals surface area (Å²) < 4.78 is 0. The smallest absolute Gasteiger partial charge is 0.0595 e. The average Bonchev–Trinajstić information content (AvgIpc) is 3.32. The fourth-order valence-electron chi connectivity index (χ4n) is 9.37. The Morgan fingerprint density at radius 1 is 0.368 bits per heavy atom. The molecule has 2 nitrogen and oxygen atoms in total. The third-order valence-electron chi connectivity index (χ3n) is 12.9. The van der Waals surface area contributed by atoms with Gasteiger partial charge in [0.05, 0.1) is 11.0 Å². The van der Waals surface area contributed by atoms with Crippen molar-refractivity contribution in [2.24, 2.45) is 0 Å². The zero-order valence-corrected chi connectivity index (χ0v) is 44.7. The zero-order valence-electron chi connectivity index (χ0n) is 39.9. The van der Waals surface area contributed by atoms with Gasteiger partial charge in [0.1, 0.15) is 0 Å². The summed E-state index contributed by atoms with van der Waals surface area (Å²) in [6, 6.07) is 73.5. The third-order valence-corrected chi connectivity index (χ3v) is 12.9. The summed E-state index contributed by atoms with van der Waals surface area (Å²) >= 11 is 0. The summed E-state index contributed by atoms with van der Waals surface area (Å²) in [6.45, 7) is 18.1. The van der Waals surface area contributed by atoms with Crippen molar-refractivity contribution in [1.82, 2.24) is 9.97 Å². The molecule has 0 fully saturated rings. The minimum atomic E-state index is -0.0320. The van der Waals surface area contributed by atoms with Gasteiger partial charge >= 0.3 is 0 Å². The molecule has 0 amide bonds. The van der Waals surface area contributed by atoms with Crippen LogP contribution in [-0.2, 0) is 51.0 Å². The predicted molar refractivity (Wildman–Crippen MR) is 280 cm³/mol. The Balaban J connectivity index is 0.00000312.